The van der Waals surface area contributed by atoms with Gasteiger partial charge >= 0.3 is 0 Å². The highest BCUT2D eigenvalue weighted by Crippen LogP contribution is 2.19. The van der Waals surface area contributed by atoms with E-state index in [2.05, 4.69) is 5.32 Å². The van der Waals surface area contributed by atoms with Gasteiger partial charge in [-0.25, -0.2) is 0 Å². The first-order valence-electron chi connectivity index (χ1n) is 6.02. The largest absolute Gasteiger partial charge is 0.508 e. The lowest BCUT2D eigenvalue weighted by molar-refractivity contribution is -0.129. The van der Waals surface area contributed by atoms with Crippen LogP contribution in [-0.2, 0) is 11.2 Å². The van der Waals surface area contributed by atoms with Crippen molar-refractivity contribution in [2.45, 2.75) is 33.6 Å². The molecule has 0 radical (unpaired) electrons. The predicted octanol–water partition coefficient (Wildman–Crippen LogP) is 2.49. The number of phenols is 1. The Labute approximate surface area is 103 Å². The number of amides is 1. The highest BCUT2D eigenvalue weighted by Gasteiger charge is 2.24. The van der Waals surface area contributed by atoms with E-state index in [1.807, 2.05) is 32.9 Å². The second-order valence-corrected chi connectivity index (χ2v) is 4.91. The van der Waals surface area contributed by atoms with Crippen LogP contribution >= 0.6 is 0 Å². The van der Waals surface area contributed by atoms with E-state index >= 15 is 0 Å². The Morgan fingerprint density at radius 3 is 2.71 bits per heavy atom. The lowest BCUT2D eigenvalue weighted by Gasteiger charge is -2.21. The molecule has 0 spiro atoms. The quantitative estimate of drug-likeness (QED) is 0.823. The summed E-state index contributed by atoms with van der Waals surface area (Å²) in [5, 5.41) is 12.2. The minimum Gasteiger partial charge on any atom is -0.508 e. The first-order chi connectivity index (χ1) is 7.95. The molecule has 0 fully saturated rings. The van der Waals surface area contributed by atoms with Crippen molar-refractivity contribution >= 4 is 5.91 Å². The Morgan fingerprint density at radius 2 is 2.12 bits per heavy atom. The van der Waals surface area contributed by atoms with Gasteiger partial charge in [-0.3, -0.25) is 4.79 Å². The molecular weight excluding hydrogens is 214 g/mol. The third kappa shape index (κ3) is 4.10. The molecular formula is C14H21NO2. The lowest BCUT2D eigenvalue weighted by atomic mass is 9.89. The number of hydrogen-bond acceptors (Lipinski definition) is 2. The summed E-state index contributed by atoms with van der Waals surface area (Å²) in [4.78, 5) is 11.8. The third-order valence-electron chi connectivity index (χ3n) is 3.11. The van der Waals surface area contributed by atoms with Gasteiger partial charge in [0.2, 0.25) is 5.91 Å². The molecule has 0 aromatic heterocycles. The Hall–Kier alpha value is -1.51. The molecule has 2 N–H and O–H groups in total. The maximum atomic E-state index is 11.8. The maximum absolute atomic E-state index is 11.8. The van der Waals surface area contributed by atoms with E-state index in [4.69, 9.17) is 0 Å². The Morgan fingerprint density at radius 1 is 1.41 bits per heavy atom. The number of benzene rings is 1. The van der Waals surface area contributed by atoms with Crippen molar-refractivity contribution in [1.82, 2.24) is 5.32 Å². The fourth-order valence-electron chi connectivity index (χ4n) is 1.43. The number of hydrogen-bond donors (Lipinski definition) is 2. The molecule has 1 rings (SSSR count). The van der Waals surface area contributed by atoms with Gasteiger partial charge in [0.25, 0.3) is 0 Å². The molecule has 3 nitrogen and oxygen atoms in total. The summed E-state index contributed by atoms with van der Waals surface area (Å²) in [6.45, 7) is 6.49. The van der Waals surface area contributed by atoms with E-state index < -0.39 is 0 Å². The Bertz CT molecular complexity index is 386. The molecule has 0 saturated carbocycles. The minimum atomic E-state index is -0.307. The fraction of sp³-hybridized carbons (Fsp3) is 0.500. The van der Waals surface area contributed by atoms with Crippen LogP contribution in [0.3, 0.4) is 0 Å². The van der Waals surface area contributed by atoms with Gasteiger partial charge in [-0.2, -0.15) is 0 Å². The van der Waals surface area contributed by atoms with E-state index in [-0.39, 0.29) is 17.1 Å². The monoisotopic (exact) mass is 235 g/mol. The Balaban J connectivity index is 2.41. The van der Waals surface area contributed by atoms with Gasteiger partial charge in [0, 0.05) is 12.0 Å². The van der Waals surface area contributed by atoms with Crippen LogP contribution in [0.25, 0.3) is 0 Å². The van der Waals surface area contributed by atoms with Gasteiger partial charge in [0.05, 0.1) is 0 Å². The van der Waals surface area contributed by atoms with Crippen LogP contribution in [0.15, 0.2) is 24.3 Å². The highest BCUT2D eigenvalue weighted by molar-refractivity contribution is 5.81. The van der Waals surface area contributed by atoms with Crippen LogP contribution in [0.5, 0.6) is 5.75 Å². The average molecular weight is 235 g/mol. The second kappa shape index (κ2) is 5.71. The molecule has 0 unspecified atom stereocenters. The van der Waals surface area contributed by atoms with Gasteiger partial charge in [-0.05, 0) is 30.5 Å². The third-order valence-corrected chi connectivity index (χ3v) is 3.11. The van der Waals surface area contributed by atoms with E-state index in [9.17, 15) is 9.90 Å². The molecule has 0 aliphatic carbocycles. The normalized spacial score (nSPS) is 11.2. The second-order valence-electron chi connectivity index (χ2n) is 4.91. The lowest BCUT2D eigenvalue weighted by Crippen LogP contribution is -2.37. The molecule has 0 heterocycles. The van der Waals surface area contributed by atoms with E-state index in [0.717, 1.165) is 18.4 Å². The summed E-state index contributed by atoms with van der Waals surface area (Å²) in [6, 6.07) is 7.11. The summed E-state index contributed by atoms with van der Waals surface area (Å²) in [7, 11) is 0. The van der Waals surface area contributed by atoms with Gasteiger partial charge in [0.1, 0.15) is 5.75 Å². The minimum absolute atomic E-state index is 0.0835. The number of nitrogens with one attached hydrogen (secondary N) is 1. The summed E-state index contributed by atoms with van der Waals surface area (Å²) in [5.74, 6) is 0.350. The molecule has 0 aliphatic heterocycles. The van der Waals surface area contributed by atoms with Crippen LogP contribution in [0.4, 0.5) is 0 Å². The SMILES string of the molecule is CCC(C)(C)C(=O)NCCc1cccc(O)c1. The summed E-state index contributed by atoms with van der Waals surface area (Å²) in [5.41, 5.74) is 0.721. The van der Waals surface area contributed by atoms with Gasteiger partial charge in [-0.15, -0.1) is 0 Å². The molecule has 17 heavy (non-hydrogen) atoms. The van der Waals surface area contributed by atoms with Crippen LogP contribution in [-0.4, -0.2) is 17.6 Å². The van der Waals surface area contributed by atoms with Crippen molar-refractivity contribution in [1.29, 1.82) is 0 Å². The highest BCUT2D eigenvalue weighted by atomic mass is 16.3. The summed E-state index contributed by atoms with van der Waals surface area (Å²) < 4.78 is 0. The molecule has 0 saturated heterocycles. The van der Waals surface area contributed by atoms with Gasteiger partial charge in [0.15, 0.2) is 0 Å². The van der Waals surface area contributed by atoms with Gasteiger partial charge < -0.3 is 10.4 Å². The maximum Gasteiger partial charge on any atom is 0.225 e. The van der Waals surface area contributed by atoms with Crippen molar-refractivity contribution in [3.8, 4) is 5.75 Å². The Kier molecular flexibility index (Phi) is 4.55. The molecule has 0 atom stereocenters. The van der Waals surface area contributed by atoms with Crippen LogP contribution < -0.4 is 5.32 Å². The number of carbonyl (C=O) groups excluding carboxylic acids is 1. The van der Waals surface area contributed by atoms with Crippen molar-refractivity contribution in [3.63, 3.8) is 0 Å². The fourth-order valence-corrected chi connectivity index (χ4v) is 1.43. The zero-order valence-corrected chi connectivity index (χ0v) is 10.8. The average Bonchev–Trinajstić information content (AvgIpc) is 2.29. The molecule has 0 aliphatic rings. The molecule has 94 valence electrons. The van der Waals surface area contributed by atoms with Crippen molar-refractivity contribution in [2.75, 3.05) is 6.54 Å². The zero-order chi connectivity index (χ0) is 12.9. The smallest absolute Gasteiger partial charge is 0.225 e. The van der Waals surface area contributed by atoms with E-state index in [0.29, 0.717) is 6.54 Å². The van der Waals surface area contributed by atoms with Crippen LogP contribution in [0.1, 0.15) is 32.8 Å². The van der Waals surface area contributed by atoms with E-state index in [1.165, 1.54) is 0 Å². The van der Waals surface area contributed by atoms with Gasteiger partial charge in [-0.1, -0.05) is 32.9 Å². The first-order valence-corrected chi connectivity index (χ1v) is 6.02. The molecule has 1 amide bonds. The number of phenolic OH excluding ortho intramolecular Hbond substituents is 1. The van der Waals surface area contributed by atoms with Crippen LogP contribution in [0.2, 0.25) is 0 Å². The number of rotatable bonds is 5. The first kappa shape index (κ1) is 13.6. The number of carbonyl (C=O) groups is 1. The van der Waals surface area contributed by atoms with Crippen molar-refractivity contribution in [3.05, 3.63) is 29.8 Å². The standard InChI is InChI=1S/C14H21NO2/c1-4-14(2,3)13(17)15-9-8-11-6-5-7-12(16)10-11/h5-7,10,16H,4,8-9H2,1-3H3,(H,15,17). The zero-order valence-electron chi connectivity index (χ0n) is 10.8. The van der Waals surface area contributed by atoms with E-state index in [1.54, 1.807) is 12.1 Å². The molecule has 3 heteroatoms. The molecule has 1 aromatic rings. The van der Waals surface area contributed by atoms with Crippen LogP contribution in [0, 0.1) is 5.41 Å². The molecule has 1 aromatic carbocycles. The topological polar surface area (TPSA) is 49.3 Å². The summed E-state index contributed by atoms with van der Waals surface area (Å²) >= 11 is 0. The van der Waals surface area contributed by atoms with Crippen molar-refractivity contribution in [2.24, 2.45) is 5.41 Å². The summed E-state index contributed by atoms with van der Waals surface area (Å²) in [6.07, 6.45) is 1.56. The van der Waals surface area contributed by atoms with Crippen molar-refractivity contribution < 1.29 is 9.90 Å². The number of aromatic hydroxyl groups is 1. The molecule has 0 bridgehead atoms. The predicted molar refractivity (Wildman–Crippen MR) is 68.9 cm³/mol.